The molecule has 5 nitrogen and oxygen atoms in total. The first-order chi connectivity index (χ1) is 14.6. The van der Waals surface area contributed by atoms with Gasteiger partial charge in [-0.2, -0.15) is 0 Å². The van der Waals surface area contributed by atoms with Crippen molar-refractivity contribution < 1.29 is 23.7 Å². The van der Waals surface area contributed by atoms with Crippen molar-refractivity contribution in [1.29, 1.82) is 0 Å². The number of aliphatic hydroxyl groups is 1. The largest absolute Gasteiger partial charge is 0.408 e. The third kappa shape index (κ3) is 5.27. The second kappa shape index (κ2) is 9.53. The topological polar surface area (TPSA) is 57.2 Å². The summed E-state index contributed by atoms with van der Waals surface area (Å²) in [4.78, 5) is 0. The van der Waals surface area contributed by atoms with E-state index in [0.29, 0.717) is 18.8 Å². The lowest BCUT2D eigenvalue weighted by atomic mass is 9.98. The molecular formula is C25H36O5Si. The van der Waals surface area contributed by atoms with Gasteiger partial charge in [0.15, 0.2) is 8.32 Å². The molecular weight excluding hydrogens is 408 g/mol. The van der Waals surface area contributed by atoms with E-state index in [1.54, 1.807) is 7.11 Å². The first-order valence-electron chi connectivity index (χ1n) is 10.9. The summed E-state index contributed by atoms with van der Waals surface area (Å²) in [5.41, 5.74) is 1.74. The van der Waals surface area contributed by atoms with Gasteiger partial charge in [0.05, 0.1) is 13.2 Å². The Morgan fingerprint density at radius 2 is 1.58 bits per heavy atom. The SMILES string of the molecule is COC1C(O[Si](C)(C)C(C)(C)C)C(COCc2ccccc2)O[C@]1(O)c1ccccc1. The number of ether oxygens (including phenoxy) is 3. The van der Waals surface area contributed by atoms with Crippen LogP contribution in [0.15, 0.2) is 60.7 Å². The number of rotatable bonds is 8. The van der Waals surface area contributed by atoms with Gasteiger partial charge in [0.1, 0.15) is 18.3 Å². The molecule has 1 N–H and O–H groups in total. The van der Waals surface area contributed by atoms with Crippen molar-refractivity contribution in [2.75, 3.05) is 13.7 Å². The standard InChI is InChI=1S/C25H36O5Si/c1-24(2,3)31(5,6)30-22-21(18-28-17-19-13-9-7-10-14-19)29-25(26,23(22)27-4)20-15-11-8-12-16-20/h7-16,21-23,26H,17-18H2,1-6H3/t21?,22?,23?,25-/m1/s1. The Morgan fingerprint density at radius 1 is 1.00 bits per heavy atom. The molecule has 31 heavy (non-hydrogen) atoms. The summed E-state index contributed by atoms with van der Waals surface area (Å²) in [7, 11) is -0.569. The Bertz CT molecular complexity index is 821. The van der Waals surface area contributed by atoms with E-state index in [9.17, 15) is 5.11 Å². The van der Waals surface area contributed by atoms with Crippen molar-refractivity contribution in [3.8, 4) is 0 Å². The molecule has 3 rings (SSSR count). The molecule has 0 spiro atoms. The van der Waals surface area contributed by atoms with Crippen LogP contribution in [0.3, 0.4) is 0 Å². The van der Waals surface area contributed by atoms with Crippen LogP contribution in [0.1, 0.15) is 31.9 Å². The molecule has 1 heterocycles. The second-order valence-electron chi connectivity index (χ2n) is 9.72. The number of benzene rings is 2. The molecule has 1 saturated heterocycles. The summed E-state index contributed by atoms with van der Waals surface area (Å²) in [6.07, 6.45) is -1.59. The highest BCUT2D eigenvalue weighted by atomic mass is 28.4. The van der Waals surface area contributed by atoms with Crippen LogP contribution in [0, 0.1) is 0 Å². The Labute approximate surface area is 187 Å². The molecule has 0 aliphatic carbocycles. The van der Waals surface area contributed by atoms with E-state index in [1.807, 2.05) is 60.7 Å². The van der Waals surface area contributed by atoms with Gasteiger partial charge in [-0.25, -0.2) is 0 Å². The van der Waals surface area contributed by atoms with E-state index in [-0.39, 0.29) is 5.04 Å². The van der Waals surface area contributed by atoms with Crippen LogP contribution >= 0.6 is 0 Å². The molecule has 4 atom stereocenters. The van der Waals surface area contributed by atoms with E-state index in [2.05, 4.69) is 33.9 Å². The highest BCUT2D eigenvalue weighted by Gasteiger charge is 2.58. The highest BCUT2D eigenvalue weighted by Crippen LogP contribution is 2.45. The first-order valence-corrected chi connectivity index (χ1v) is 13.8. The van der Waals surface area contributed by atoms with Crippen molar-refractivity contribution in [2.24, 2.45) is 0 Å². The van der Waals surface area contributed by atoms with Gasteiger partial charge in [-0.1, -0.05) is 81.4 Å². The summed E-state index contributed by atoms with van der Waals surface area (Å²) >= 11 is 0. The summed E-state index contributed by atoms with van der Waals surface area (Å²) in [5.74, 6) is -1.61. The fourth-order valence-electron chi connectivity index (χ4n) is 3.64. The molecule has 1 fully saturated rings. The van der Waals surface area contributed by atoms with Crippen molar-refractivity contribution in [3.63, 3.8) is 0 Å². The van der Waals surface area contributed by atoms with Crippen LogP contribution in [0.5, 0.6) is 0 Å². The van der Waals surface area contributed by atoms with Crippen LogP contribution in [-0.4, -0.2) is 45.5 Å². The number of hydrogen-bond donors (Lipinski definition) is 1. The zero-order valence-corrected chi connectivity index (χ0v) is 20.5. The third-order valence-corrected chi connectivity index (χ3v) is 10.9. The zero-order valence-electron chi connectivity index (χ0n) is 19.5. The van der Waals surface area contributed by atoms with Gasteiger partial charge < -0.3 is 23.7 Å². The molecule has 170 valence electrons. The Kier molecular flexibility index (Phi) is 7.41. The van der Waals surface area contributed by atoms with Crippen LogP contribution in [-0.2, 0) is 31.0 Å². The van der Waals surface area contributed by atoms with Crippen molar-refractivity contribution in [2.45, 2.75) is 69.6 Å². The zero-order chi connectivity index (χ0) is 22.7. The second-order valence-corrected chi connectivity index (χ2v) is 14.5. The van der Waals surface area contributed by atoms with E-state index < -0.39 is 32.4 Å². The van der Waals surface area contributed by atoms with Gasteiger partial charge in [0.25, 0.3) is 0 Å². The van der Waals surface area contributed by atoms with Crippen LogP contribution in [0.2, 0.25) is 18.1 Å². The minimum Gasteiger partial charge on any atom is -0.408 e. The number of hydrogen-bond acceptors (Lipinski definition) is 5. The maximum absolute atomic E-state index is 11.6. The van der Waals surface area contributed by atoms with E-state index in [1.165, 1.54) is 0 Å². The predicted molar refractivity (Wildman–Crippen MR) is 124 cm³/mol. The molecule has 0 radical (unpaired) electrons. The smallest absolute Gasteiger partial charge is 0.222 e. The van der Waals surface area contributed by atoms with Gasteiger partial charge in [0, 0.05) is 12.7 Å². The van der Waals surface area contributed by atoms with E-state index in [0.717, 1.165) is 5.56 Å². The van der Waals surface area contributed by atoms with Crippen LogP contribution in [0.25, 0.3) is 0 Å². The van der Waals surface area contributed by atoms with Gasteiger partial charge >= 0.3 is 0 Å². The molecule has 0 aromatic heterocycles. The first kappa shape index (κ1) is 24.1. The summed E-state index contributed by atoms with van der Waals surface area (Å²) in [6.45, 7) is 11.7. The maximum Gasteiger partial charge on any atom is 0.222 e. The summed E-state index contributed by atoms with van der Waals surface area (Å²) in [6, 6.07) is 19.4. The fraction of sp³-hybridized carbons (Fsp3) is 0.520. The summed E-state index contributed by atoms with van der Waals surface area (Å²) in [5, 5.41) is 11.6. The average molecular weight is 445 g/mol. The fourth-order valence-corrected chi connectivity index (χ4v) is 4.95. The van der Waals surface area contributed by atoms with Crippen LogP contribution in [0.4, 0.5) is 0 Å². The van der Waals surface area contributed by atoms with Gasteiger partial charge in [-0.05, 0) is 23.7 Å². The quantitative estimate of drug-likeness (QED) is 0.590. The minimum absolute atomic E-state index is 0.00812. The monoisotopic (exact) mass is 444 g/mol. The molecule has 3 unspecified atom stereocenters. The molecule has 0 amide bonds. The van der Waals surface area contributed by atoms with Gasteiger partial charge in [-0.15, -0.1) is 0 Å². The van der Waals surface area contributed by atoms with Crippen LogP contribution < -0.4 is 0 Å². The predicted octanol–water partition coefficient (Wildman–Crippen LogP) is 4.85. The molecule has 0 bridgehead atoms. The molecule has 2 aromatic rings. The third-order valence-electron chi connectivity index (χ3n) is 6.45. The van der Waals surface area contributed by atoms with Crippen molar-refractivity contribution in [1.82, 2.24) is 0 Å². The van der Waals surface area contributed by atoms with Gasteiger partial charge in [0.2, 0.25) is 5.79 Å². The minimum atomic E-state index is -2.16. The molecule has 1 aliphatic heterocycles. The number of methoxy groups -OCH3 is 1. The summed E-state index contributed by atoms with van der Waals surface area (Å²) < 4.78 is 24.8. The normalized spacial score (nSPS) is 26.9. The Morgan fingerprint density at radius 3 is 2.13 bits per heavy atom. The van der Waals surface area contributed by atoms with Crippen molar-refractivity contribution >= 4 is 8.32 Å². The lowest BCUT2D eigenvalue weighted by Crippen LogP contribution is -2.51. The van der Waals surface area contributed by atoms with E-state index in [4.69, 9.17) is 18.6 Å². The van der Waals surface area contributed by atoms with Gasteiger partial charge in [-0.3, -0.25) is 0 Å². The molecule has 1 aliphatic rings. The van der Waals surface area contributed by atoms with E-state index >= 15 is 0 Å². The Hall–Kier alpha value is -1.54. The lowest BCUT2D eigenvalue weighted by Gasteiger charge is -2.40. The maximum atomic E-state index is 11.6. The van der Waals surface area contributed by atoms with Crippen molar-refractivity contribution in [3.05, 3.63) is 71.8 Å². The molecule has 2 aromatic carbocycles. The average Bonchev–Trinajstić information content (AvgIpc) is 3.00. The Balaban J connectivity index is 1.85. The molecule has 0 saturated carbocycles. The lowest BCUT2D eigenvalue weighted by molar-refractivity contribution is -0.246. The highest BCUT2D eigenvalue weighted by molar-refractivity contribution is 6.74. The molecule has 6 heteroatoms.